The summed E-state index contributed by atoms with van der Waals surface area (Å²) in [6, 6.07) is 0. The summed E-state index contributed by atoms with van der Waals surface area (Å²) in [7, 11) is 0. The number of hydrogen-bond acceptors (Lipinski definition) is 0. The molecule has 0 fully saturated rings. The highest BCUT2D eigenvalue weighted by Crippen LogP contribution is 2.30. The molecule has 0 saturated carbocycles. The predicted octanol–water partition coefficient (Wildman–Crippen LogP) is 3.56. The molecule has 62 valence electrons. The third-order valence-corrected chi connectivity index (χ3v) is 2.62. The van der Waals surface area contributed by atoms with Gasteiger partial charge >= 0.3 is 0 Å². The van der Waals surface area contributed by atoms with Crippen LogP contribution in [0.15, 0.2) is 0 Å². The Labute approximate surface area is 63.8 Å². The zero-order chi connectivity index (χ0) is 8.04. The molecule has 0 aromatic heterocycles. The van der Waals surface area contributed by atoms with Crippen LogP contribution in [0, 0.1) is 5.41 Å². The molecule has 0 N–H and O–H groups in total. The molecule has 0 aromatic carbocycles. The van der Waals surface area contributed by atoms with Gasteiger partial charge in [0, 0.05) is 0 Å². The average molecular weight is 146 g/mol. The van der Waals surface area contributed by atoms with Crippen molar-refractivity contribution in [3.63, 3.8) is 0 Å². The molecule has 0 atom stereocenters. The molecule has 0 radical (unpaired) electrons. The maximum Gasteiger partial charge on any atom is 0.0894 e. The monoisotopic (exact) mass is 146 g/mol. The Morgan fingerprint density at radius 1 is 1.20 bits per heavy atom. The van der Waals surface area contributed by atoms with Crippen molar-refractivity contribution in [3.05, 3.63) is 0 Å². The highest BCUT2D eigenvalue weighted by molar-refractivity contribution is 4.69. The largest absolute Gasteiger partial charge is 0.251 e. The van der Waals surface area contributed by atoms with Crippen LogP contribution in [-0.4, -0.2) is 6.67 Å². The fourth-order valence-electron chi connectivity index (χ4n) is 1.10. The molecule has 0 spiro atoms. The topological polar surface area (TPSA) is 0 Å². The van der Waals surface area contributed by atoms with Gasteiger partial charge in [-0.05, 0) is 18.3 Å². The maximum absolute atomic E-state index is 11.8. The minimum Gasteiger partial charge on any atom is -0.251 e. The summed E-state index contributed by atoms with van der Waals surface area (Å²) < 4.78 is 11.8. The van der Waals surface area contributed by atoms with Crippen molar-refractivity contribution >= 4 is 0 Å². The summed E-state index contributed by atoms with van der Waals surface area (Å²) in [5.74, 6) is 0. The first-order valence-corrected chi connectivity index (χ1v) is 4.24. The molecule has 1 heteroatoms. The Balaban J connectivity index is 3.58. The molecule has 0 saturated heterocycles. The summed E-state index contributed by atoms with van der Waals surface area (Å²) in [5.41, 5.74) is 0.395. The van der Waals surface area contributed by atoms with Gasteiger partial charge in [-0.15, -0.1) is 0 Å². The van der Waals surface area contributed by atoms with Crippen LogP contribution in [-0.2, 0) is 0 Å². The molecule has 0 amide bonds. The smallest absolute Gasteiger partial charge is 0.0894 e. The normalized spacial score (nSPS) is 12.0. The van der Waals surface area contributed by atoms with E-state index < -0.39 is 0 Å². The SMILES string of the molecule is CCC(C)(CC)CCCF. The second kappa shape index (κ2) is 4.70. The summed E-state index contributed by atoms with van der Waals surface area (Å²) in [6.07, 6.45) is 4.11. The van der Waals surface area contributed by atoms with Gasteiger partial charge in [-0.1, -0.05) is 33.6 Å². The summed E-state index contributed by atoms with van der Waals surface area (Å²) >= 11 is 0. The summed E-state index contributed by atoms with van der Waals surface area (Å²) in [5, 5.41) is 0. The average Bonchev–Trinajstić information content (AvgIpc) is 2.00. The van der Waals surface area contributed by atoms with Crippen LogP contribution in [0.2, 0.25) is 0 Å². The van der Waals surface area contributed by atoms with Crippen molar-refractivity contribution in [3.8, 4) is 0 Å². The summed E-state index contributed by atoms with van der Waals surface area (Å²) in [4.78, 5) is 0. The van der Waals surface area contributed by atoms with E-state index in [0.717, 1.165) is 12.8 Å². The molecule has 0 nitrogen and oxygen atoms in total. The lowest BCUT2D eigenvalue weighted by molar-refractivity contribution is 0.253. The molecule has 10 heavy (non-hydrogen) atoms. The molecule has 0 heterocycles. The Bertz CT molecular complexity index is 74.8. The van der Waals surface area contributed by atoms with E-state index in [0.29, 0.717) is 5.41 Å². The second-order valence-corrected chi connectivity index (χ2v) is 3.31. The first-order chi connectivity index (χ1) is 4.68. The Kier molecular flexibility index (Phi) is 4.67. The van der Waals surface area contributed by atoms with E-state index in [1.54, 1.807) is 0 Å². The van der Waals surface area contributed by atoms with Crippen LogP contribution in [0.25, 0.3) is 0 Å². The first kappa shape index (κ1) is 9.93. The third kappa shape index (κ3) is 3.19. The number of rotatable bonds is 5. The number of alkyl halides is 1. The second-order valence-electron chi connectivity index (χ2n) is 3.31. The molecule has 0 aromatic rings. The zero-order valence-electron chi connectivity index (χ0n) is 7.41. The van der Waals surface area contributed by atoms with E-state index in [2.05, 4.69) is 20.8 Å². The van der Waals surface area contributed by atoms with Crippen LogP contribution < -0.4 is 0 Å². The van der Waals surface area contributed by atoms with Gasteiger partial charge < -0.3 is 0 Å². The predicted molar refractivity (Wildman–Crippen MR) is 43.9 cm³/mol. The van der Waals surface area contributed by atoms with Crippen molar-refractivity contribution < 1.29 is 4.39 Å². The first-order valence-electron chi connectivity index (χ1n) is 4.24. The van der Waals surface area contributed by atoms with Crippen molar-refractivity contribution in [2.45, 2.75) is 46.5 Å². The molecular formula is C9H19F. The molecule has 0 aliphatic heterocycles. The van der Waals surface area contributed by atoms with Gasteiger partial charge in [0.1, 0.15) is 0 Å². The van der Waals surface area contributed by atoms with Gasteiger partial charge in [-0.25, -0.2) is 0 Å². The van der Waals surface area contributed by atoms with Crippen molar-refractivity contribution in [2.75, 3.05) is 6.67 Å². The van der Waals surface area contributed by atoms with Crippen molar-refractivity contribution in [2.24, 2.45) is 5.41 Å². The van der Waals surface area contributed by atoms with E-state index >= 15 is 0 Å². The standard InChI is InChI=1S/C9H19F/c1-4-9(3,5-2)7-6-8-10/h4-8H2,1-3H3. The van der Waals surface area contributed by atoms with Crippen molar-refractivity contribution in [1.82, 2.24) is 0 Å². The van der Waals surface area contributed by atoms with Gasteiger partial charge in [-0.2, -0.15) is 0 Å². The van der Waals surface area contributed by atoms with Crippen LogP contribution >= 0.6 is 0 Å². The van der Waals surface area contributed by atoms with Crippen molar-refractivity contribution in [1.29, 1.82) is 0 Å². The Hall–Kier alpha value is -0.0700. The lowest BCUT2D eigenvalue weighted by Gasteiger charge is -2.25. The van der Waals surface area contributed by atoms with E-state index in [1.165, 1.54) is 12.8 Å². The van der Waals surface area contributed by atoms with Gasteiger partial charge in [0.15, 0.2) is 0 Å². The molecule has 0 bridgehead atoms. The van der Waals surface area contributed by atoms with Gasteiger partial charge in [0.05, 0.1) is 6.67 Å². The molecule has 0 aliphatic carbocycles. The minimum absolute atomic E-state index is 0.157. The molecule has 0 rings (SSSR count). The quantitative estimate of drug-likeness (QED) is 0.556. The van der Waals surface area contributed by atoms with Crippen LogP contribution in [0.4, 0.5) is 4.39 Å². The fraction of sp³-hybridized carbons (Fsp3) is 1.00. The van der Waals surface area contributed by atoms with E-state index in [4.69, 9.17) is 0 Å². The lowest BCUT2D eigenvalue weighted by Crippen LogP contribution is -2.13. The van der Waals surface area contributed by atoms with Gasteiger partial charge in [0.2, 0.25) is 0 Å². The Morgan fingerprint density at radius 3 is 2.00 bits per heavy atom. The van der Waals surface area contributed by atoms with Crippen LogP contribution in [0.5, 0.6) is 0 Å². The van der Waals surface area contributed by atoms with Crippen LogP contribution in [0.3, 0.4) is 0 Å². The molecule has 0 unspecified atom stereocenters. The van der Waals surface area contributed by atoms with E-state index in [9.17, 15) is 4.39 Å². The zero-order valence-corrected chi connectivity index (χ0v) is 7.41. The van der Waals surface area contributed by atoms with Crippen LogP contribution in [0.1, 0.15) is 46.5 Å². The fourth-order valence-corrected chi connectivity index (χ4v) is 1.10. The molecular weight excluding hydrogens is 127 g/mol. The Morgan fingerprint density at radius 2 is 1.70 bits per heavy atom. The van der Waals surface area contributed by atoms with Gasteiger partial charge in [-0.3, -0.25) is 4.39 Å². The number of halogens is 1. The third-order valence-electron chi connectivity index (χ3n) is 2.62. The van der Waals surface area contributed by atoms with Gasteiger partial charge in [0.25, 0.3) is 0 Å². The molecule has 0 aliphatic rings. The minimum atomic E-state index is -0.157. The van der Waals surface area contributed by atoms with E-state index in [1.807, 2.05) is 0 Å². The maximum atomic E-state index is 11.8. The summed E-state index contributed by atoms with van der Waals surface area (Å²) in [6.45, 7) is 6.45. The lowest BCUT2D eigenvalue weighted by atomic mass is 9.81. The highest BCUT2D eigenvalue weighted by Gasteiger charge is 2.18. The number of hydrogen-bond donors (Lipinski definition) is 0. The highest BCUT2D eigenvalue weighted by atomic mass is 19.1. The van der Waals surface area contributed by atoms with E-state index in [-0.39, 0.29) is 6.67 Å².